The molecule has 196 valence electrons. The number of aromatic nitrogens is 3. The van der Waals surface area contributed by atoms with Gasteiger partial charge >= 0.3 is 0 Å². The summed E-state index contributed by atoms with van der Waals surface area (Å²) in [6.45, 7) is 4.01. The highest BCUT2D eigenvalue weighted by molar-refractivity contribution is 6.38. The molecule has 2 heterocycles. The van der Waals surface area contributed by atoms with Crippen LogP contribution >= 0.6 is 11.6 Å². The van der Waals surface area contributed by atoms with Crippen molar-refractivity contribution in [3.05, 3.63) is 100 Å². The van der Waals surface area contributed by atoms with E-state index in [1.807, 2.05) is 78.2 Å². The minimum Gasteiger partial charge on any atom is -0.350 e. The van der Waals surface area contributed by atoms with Crippen molar-refractivity contribution < 1.29 is 14.1 Å². The molecule has 1 aliphatic rings. The number of hydrogen-bond donors (Lipinski definition) is 2. The average molecular weight is 540 g/mol. The Kier molecular flexibility index (Phi) is 6.19. The predicted octanol–water partition coefficient (Wildman–Crippen LogP) is 5.53. The van der Waals surface area contributed by atoms with Crippen LogP contribution in [0.5, 0.6) is 0 Å². The summed E-state index contributed by atoms with van der Waals surface area (Å²) < 4.78 is 7.23. The largest absolute Gasteiger partial charge is 0.350 e. The summed E-state index contributed by atoms with van der Waals surface area (Å²) in [6.07, 6.45) is 1.24. The van der Waals surface area contributed by atoms with E-state index in [1.54, 1.807) is 13.0 Å². The molecule has 0 bridgehead atoms. The van der Waals surface area contributed by atoms with Crippen molar-refractivity contribution in [2.24, 2.45) is 0 Å². The fourth-order valence-corrected chi connectivity index (χ4v) is 5.12. The van der Waals surface area contributed by atoms with Gasteiger partial charge in [-0.05, 0) is 55.7 Å². The maximum atomic E-state index is 13.0. The van der Waals surface area contributed by atoms with Crippen molar-refractivity contribution in [1.29, 1.82) is 0 Å². The summed E-state index contributed by atoms with van der Waals surface area (Å²) in [5, 5.41) is 11.5. The molecule has 0 aliphatic heterocycles. The molecule has 8 nitrogen and oxygen atoms in total. The van der Waals surface area contributed by atoms with E-state index in [2.05, 4.69) is 20.8 Å². The Morgan fingerprint density at radius 1 is 1.03 bits per heavy atom. The van der Waals surface area contributed by atoms with E-state index in [0.717, 1.165) is 27.7 Å². The smallest absolute Gasteiger partial charge is 0.252 e. The van der Waals surface area contributed by atoms with Crippen molar-refractivity contribution in [3.63, 3.8) is 0 Å². The van der Waals surface area contributed by atoms with Crippen LogP contribution < -0.4 is 10.6 Å². The van der Waals surface area contributed by atoms with E-state index in [1.165, 1.54) is 0 Å². The summed E-state index contributed by atoms with van der Waals surface area (Å²) in [7, 11) is 0. The lowest BCUT2D eigenvalue weighted by Crippen LogP contribution is -2.48. The Labute approximate surface area is 230 Å². The first kappa shape index (κ1) is 24.9. The minimum absolute atomic E-state index is 0.175. The van der Waals surface area contributed by atoms with Gasteiger partial charge in [-0.15, -0.1) is 0 Å². The van der Waals surface area contributed by atoms with Crippen molar-refractivity contribution in [3.8, 4) is 17.2 Å². The minimum atomic E-state index is -0.848. The lowest BCUT2D eigenvalue weighted by molar-refractivity contribution is -0.124. The Bertz CT molecular complexity index is 1720. The molecule has 0 saturated heterocycles. The van der Waals surface area contributed by atoms with Gasteiger partial charge in [0.15, 0.2) is 0 Å². The van der Waals surface area contributed by atoms with Crippen molar-refractivity contribution in [2.45, 2.75) is 38.8 Å². The van der Waals surface area contributed by atoms with Crippen LogP contribution in [0.2, 0.25) is 5.02 Å². The normalized spacial score (nSPS) is 13.8. The van der Waals surface area contributed by atoms with Crippen LogP contribution in [0.3, 0.4) is 0 Å². The molecule has 2 aromatic heterocycles. The molecular formula is C30H26ClN5O3. The van der Waals surface area contributed by atoms with E-state index in [-0.39, 0.29) is 11.8 Å². The maximum Gasteiger partial charge on any atom is 0.252 e. The molecule has 39 heavy (non-hydrogen) atoms. The molecule has 2 N–H and O–H groups in total. The number of aryl methyl sites for hydroxylation is 2. The van der Waals surface area contributed by atoms with Crippen LogP contribution in [0.15, 0.2) is 77.3 Å². The zero-order valence-electron chi connectivity index (χ0n) is 21.5. The number of fused-ring (bicyclic) bond motifs is 1. The maximum absolute atomic E-state index is 13.0. The van der Waals surface area contributed by atoms with Gasteiger partial charge in [-0.25, -0.2) is 0 Å². The molecule has 9 heteroatoms. The highest BCUT2D eigenvalue weighted by Gasteiger charge is 2.51. The van der Waals surface area contributed by atoms with Crippen LogP contribution in [0.25, 0.3) is 28.1 Å². The molecule has 1 fully saturated rings. The lowest BCUT2D eigenvalue weighted by atomic mass is 10.1. The SMILES string of the molecule is Cc1cccc(C(=O)NC2(C(=O)NCc3ccc(-n4c(-c5noc(C)n5)c(Cl)c5ccccc54)cc3)CC2)c1. The fraction of sp³-hybridized carbons (Fsp3) is 0.200. The fourth-order valence-electron chi connectivity index (χ4n) is 4.79. The van der Waals surface area contributed by atoms with Gasteiger partial charge in [-0.3, -0.25) is 9.59 Å². The number of rotatable bonds is 7. The van der Waals surface area contributed by atoms with Gasteiger partial charge in [0.1, 0.15) is 11.2 Å². The molecular weight excluding hydrogens is 514 g/mol. The first-order chi connectivity index (χ1) is 18.8. The third kappa shape index (κ3) is 4.68. The van der Waals surface area contributed by atoms with Gasteiger partial charge in [0.25, 0.3) is 5.91 Å². The average Bonchev–Trinajstić information content (AvgIpc) is 3.51. The first-order valence-electron chi connectivity index (χ1n) is 12.7. The Morgan fingerprint density at radius 3 is 2.49 bits per heavy atom. The van der Waals surface area contributed by atoms with Crippen molar-refractivity contribution >= 4 is 34.3 Å². The second-order valence-electron chi connectivity index (χ2n) is 9.91. The third-order valence-corrected chi connectivity index (χ3v) is 7.40. The number of para-hydroxylation sites is 1. The molecule has 2 amide bonds. The highest BCUT2D eigenvalue weighted by Crippen LogP contribution is 2.39. The number of amides is 2. The van der Waals surface area contributed by atoms with E-state index in [4.69, 9.17) is 16.1 Å². The number of nitrogens with one attached hydrogen (secondary N) is 2. The number of benzene rings is 3. The van der Waals surface area contributed by atoms with Gasteiger partial charge in [0, 0.05) is 30.1 Å². The monoisotopic (exact) mass is 539 g/mol. The van der Waals surface area contributed by atoms with Crippen LogP contribution in [-0.2, 0) is 11.3 Å². The van der Waals surface area contributed by atoms with E-state index < -0.39 is 5.54 Å². The molecule has 6 rings (SSSR count). The summed E-state index contributed by atoms with van der Waals surface area (Å²) in [5.74, 6) is 0.450. The Balaban J connectivity index is 1.19. The molecule has 0 atom stereocenters. The predicted molar refractivity (Wildman–Crippen MR) is 149 cm³/mol. The molecule has 1 aliphatic carbocycles. The van der Waals surface area contributed by atoms with Crippen LogP contribution in [-0.4, -0.2) is 32.1 Å². The number of carbonyl (C=O) groups is 2. The zero-order valence-corrected chi connectivity index (χ0v) is 22.2. The summed E-state index contributed by atoms with van der Waals surface area (Å²) in [5.41, 5.74) is 4.06. The first-order valence-corrected chi connectivity index (χ1v) is 13.1. The second-order valence-corrected chi connectivity index (χ2v) is 10.3. The van der Waals surface area contributed by atoms with Gasteiger partial charge in [0.05, 0.1) is 10.5 Å². The van der Waals surface area contributed by atoms with Crippen molar-refractivity contribution in [2.75, 3.05) is 0 Å². The van der Waals surface area contributed by atoms with E-state index in [9.17, 15) is 9.59 Å². The van der Waals surface area contributed by atoms with Crippen LogP contribution in [0.4, 0.5) is 0 Å². The third-order valence-electron chi connectivity index (χ3n) is 7.02. The quantitative estimate of drug-likeness (QED) is 0.283. The van der Waals surface area contributed by atoms with Gasteiger partial charge in [-0.1, -0.05) is 64.8 Å². The number of nitrogens with zero attached hydrogens (tertiary/aromatic N) is 3. The highest BCUT2D eigenvalue weighted by atomic mass is 35.5. The van der Waals surface area contributed by atoms with Crippen molar-refractivity contribution in [1.82, 2.24) is 25.3 Å². The Hall–Kier alpha value is -4.43. The second kappa shape index (κ2) is 9.71. The van der Waals surface area contributed by atoms with Crippen LogP contribution in [0.1, 0.15) is 40.2 Å². The lowest BCUT2D eigenvalue weighted by Gasteiger charge is -2.18. The summed E-state index contributed by atoms with van der Waals surface area (Å²) in [4.78, 5) is 30.1. The molecule has 0 radical (unpaired) electrons. The summed E-state index contributed by atoms with van der Waals surface area (Å²) in [6, 6.07) is 23.0. The topological polar surface area (TPSA) is 102 Å². The standard InChI is InChI=1S/C30H26ClN5O3/c1-18-6-5-7-21(16-18)28(37)34-30(14-15-30)29(38)32-17-20-10-12-22(13-11-20)36-24-9-4-3-8-23(24)25(31)26(36)27-33-19(2)39-35-27/h3-13,16H,14-15,17H2,1-2H3,(H,32,38)(H,34,37). The molecule has 3 aromatic carbocycles. The van der Waals surface area contributed by atoms with Gasteiger partial charge in [-0.2, -0.15) is 4.98 Å². The molecule has 1 saturated carbocycles. The van der Waals surface area contributed by atoms with E-state index in [0.29, 0.717) is 47.4 Å². The van der Waals surface area contributed by atoms with Gasteiger partial charge < -0.3 is 19.7 Å². The number of halogens is 1. The number of hydrogen-bond acceptors (Lipinski definition) is 5. The number of carbonyl (C=O) groups excluding carboxylic acids is 2. The molecule has 5 aromatic rings. The van der Waals surface area contributed by atoms with E-state index >= 15 is 0 Å². The van der Waals surface area contributed by atoms with Crippen LogP contribution in [0, 0.1) is 13.8 Å². The zero-order chi connectivity index (χ0) is 27.1. The van der Waals surface area contributed by atoms with Gasteiger partial charge in [0.2, 0.25) is 17.6 Å². The molecule has 0 spiro atoms. The Morgan fingerprint density at radius 2 is 1.79 bits per heavy atom. The molecule has 0 unspecified atom stereocenters. The summed E-state index contributed by atoms with van der Waals surface area (Å²) >= 11 is 6.78.